The third kappa shape index (κ3) is 3.76. The van der Waals surface area contributed by atoms with Gasteiger partial charge in [-0.2, -0.15) is 0 Å². The molecule has 0 saturated carbocycles. The number of piperidine rings is 1. The van der Waals surface area contributed by atoms with Crippen molar-refractivity contribution in [1.82, 2.24) is 4.90 Å². The summed E-state index contributed by atoms with van der Waals surface area (Å²) in [7, 11) is 0. The molecule has 0 bridgehead atoms. The molecular formula is C17H24N2O4. The molecule has 1 aromatic carbocycles. The summed E-state index contributed by atoms with van der Waals surface area (Å²) in [5.41, 5.74) is 0.718. The maximum Gasteiger partial charge on any atom is 0.241 e. The molecule has 6 nitrogen and oxygen atoms in total. The highest BCUT2D eigenvalue weighted by atomic mass is 16.7. The highest BCUT2D eigenvalue weighted by Crippen LogP contribution is 2.34. The Hall–Kier alpha value is -1.79. The number of hydrogen-bond donors (Lipinski definition) is 2. The van der Waals surface area contributed by atoms with Crippen LogP contribution in [0.4, 0.5) is 5.69 Å². The average molecular weight is 320 g/mol. The van der Waals surface area contributed by atoms with Crippen molar-refractivity contribution in [1.29, 1.82) is 0 Å². The minimum atomic E-state index is -0.193. The summed E-state index contributed by atoms with van der Waals surface area (Å²) in [6, 6.07) is 5.23. The minimum Gasteiger partial charge on any atom is -0.454 e. The Balaban J connectivity index is 1.59. The van der Waals surface area contributed by atoms with Gasteiger partial charge in [0.1, 0.15) is 0 Å². The number of rotatable bonds is 5. The van der Waals surface area contributed by atoms with Crippen LogP contribution in [0.3, 0.4) is 0 Å². The molecule has 126 valence electrons. The second kappa shape index (κ2) is 7.19. The van der Waals surface area contributed by atoms with E-state index in [1.807, 2.05) is 13.0 Å². The number of fused-ring (bicyclic) bond motifs is 1. The van der Waals surface area contributed by atoms with E-state index in [1.54, 1.807) is 12.1 Å². The Kier molecular flexibility index (Phi) is 5.03. The fourth-order valence-corrected chi connectivity index (χ4v) is 3.25. The zero-order valence-corrected chi connectivity index (χ0v) is 13.5. The molecule has 0 spiro atoms. The number of aliphatic hydroxyl groups excluding tert-OH is 1. The zero-order valence-electron chi connectivity index (χ0n) is 13.5. The topological polar surface area (TPSA) is 71.0 Å². The average Bonchev–Trinajstić information content (AvgIpc) is 3.02. The van der Waals surface area contributed by atoms with Crippen LogP contribution in [0.5, 0.6) is 11.5 Å². The van der Waals surface area contributed by atoms with Crippen LogP contribution in [-0.2, 0) is 4.79 Å². The minimum absolute atomic E-state index is 0.0199. The van der Waals surface area contributed by atoms with Gasteiger partial charge in [-0.15, -0.1) is 0 Å². The van der Waals surface area contributed by atoms with Gasteiger partial charge in [-0.3, -0.25) is 9.69 Å². The molecule has 2 unspecified atom stereocenters. The number of likely N-dealkylation sites (tertiary alicyclic amines) is 1. The molecule has 1 fully saturated rings. The van der Waals surface area contributed by atoms with Gasteiger partial charge in [-0.05, 0) is 50.8 Å². The molecule has 23 heavy (non-hydrogen) atoms. The molecule has 2 aliphatic rings. The van der Waals surface area contributed by atoms with Gasteiger partial charge in [-0.25, -0.2) is 0 Å². The predicted octanol–water partition coefficient (Wildman–Crippen LogP) is 1.84. The molecule has 0 aromatic heterocycles. The van der Waals surface area contributed by atoms with Gasteiger partial charge in [0.2, 0.25) is 12.7 Å². The normalized spacial score (nSPS) is 21.9. The van der Waals surface area contributed by atoms with Crippen LogP contribution in [0.2, 0.25) is 0 Å². The summed E-state index contributed by atoms with van der Waals surface area (Å²) in [6.07, 6.45) is 3.02. The van der Waals surface area contributed by atoms with Crippen molar-refractivity contribution >= 4 is 11.6 Å². The number of anilines is 1. The van der Waals surface area contributed by atoms with Crippen molar-refractivity contribution in [3.05, 3.63) is 18.2 Å². The molecule has 0 radical (unpaired) electrons. The fourth-order valence-electron chi connectivity index (χ4n) is 3.25. The Morgan fingerprint density at radius 1 is 1.43 bits per heavy atom. The number of amides is 1. The lowest BCUT2D eigenvalue weighted by Crippen LogP contribution is -2.47. The van der Waals surface area contributed by atoms with E-state index in [0.29, 0.717) is 17.4 Å². The van der Waals surface area contributed by atoms with Crippen LogP contribution in [0.25, 0.3) is 0 Å². The number of aliphatic hydroxyl groups is 1. The van der Waals surface area contributed by atoms with Crippen molar-refractivity contribution in [2.45, 2.75) is 32.2 Å². The van der Waals surface area contributed by atoms with Gasteiger partial charge in [0.15, 0.2) is 11.5 Å². The molecule has 2 N–H and O–H groups in total. The van der Waals surface area contributed by atoms with Gasteiger partial charge in [-0.1, -0.05) is 0 Å². The molecule has 2 atom stereocenters. The molecule has 2 aliphatic heterocycles. The summed E-state index contributed by atoms with van der Waals surface area (Å²) in [5.74, 6) is 1.83. The summed E-state index contributed by atoms with van der Waals surface area (Å²) >= 11 is 0. The number of nitrogens with one attached hydrogen (secondary N) is 1. The largest absolute Gasteiger partial charge is 0.454 e. The van der Waals surface area contributed by atoms with Crippen LogP contribution in [0, 0.1) is 5.92 Å². The molecule has 1 saturated heterocycles. The quantitative estimate of drug-likeness (QED) is 0.866. The summed E-state index contributed by atoms with van der Waals surface area (Å²) in [4.78, 5) is 14.7. The van der Waals surface area contributed by atoms with Crippen LogP contribution in [-0.4, -0.2) is 48.4 Å². The number of nitrogens with zero attached hydrogens (tertiary/aromatic N) is 1. The molecular weight excluding hydrogens is 296 g/mol. The predicted molar refractivity (Wildman–Crippen MR) is 86.7 cm³/mol. The number of benzene rings is 1. The van der Waals surface area contributed by atoms with E-state index in [0.717, 1.165) is 38.0 Å². The van der Waals surface area contributed by atoms with Crippen LogP contribution >= 0.6 is 0 Å². The van der Waals surface area contributed by atoms with Gasteiger partial charge in [0, 0.05) is 24.9 Å². The second-order valence-electron chi connectivity index (χ2n) is 6.25. The summed E-state index contributed by atoms with van der Waals surface area (Å²) < 4.78 is 10.6. The van der Waals surface area contributed by atoms with E-state index in [-0.39, 0.29) is 25.3 Å². The van der Waals surface area contributed by atoms with Crippen molar-refractivity contribution in [3.63, 3.8) is 0 Å². The highest BCUT2D eigenvalue weighted by molar-refractivity contribution is 5.94. The number of carbonyl (C=O) groups is 1. The monoisotopic (exact) mass is 320 g/mol. The van der Waals surface area contributed by atoms with E-state index < -0.39 is 0 Å². The van der Waals surface area contributed by atoms with E-state index in [9.17, 15) is 4.79 Å². The lowest BCUT2D eigenvalue weighted by molar-refractivity contribution is -0.121. The van der Waals surface area contributed by atoms with E-state index in [4.69, 9.17) is 14.6 Å². The third-order valence-electron chi connectivity index (χ3n) is 4.66. The number of ether oxygens (including phenoxy) is 2. The molecule has 6 heteroatoms. The molecule has 1 aromatic rings. The molecule has 0 aliphatic carbocycles. The first kappa shape index (κ1) is 16.1. The van der Waals surface area contributed by atoms with E-state index >= 15 is 0 Å². The summed E-state index contributed by atoms with van der Waals surface area (Å²) in [5, 5.41) is 12.1. The smallest absolute Gasteiger partial charge is 0.241 e. The highest BCUT2D eigenvalue weighted by Gasteiger charge is 2.27. The van der Waals surface area contributed by atoms with E-state index in [1.165, 1.54) is 0 Å². The Morgan fingerprint density at radius 3 is 3.09 bits per heavy atom. The van der Waals surface area contributed by atoms with Gasteiger partial charge in [0.05, 0.1) is 6.04 Å². The zero-order chi connectivity index (χ0) is 16.2. The van der Waals surface area contributed by atoms with Crippen LogP contribution < -0.4 is 14.8 Å². The first-order valence-corrected chi connectivity index (χ1v) is 8.23. The van der Waals surface area contributed by atoms with Gasteiger partial charge in [0.25, 0.3) is 0 Å². The maximum absolute atomic E-state index is 12.5. The summed E-state index contributed by atoms with van der Waals surface area (Å²) in [6.45, 7) is 4.18. The SMILES string of the molecule is CC(C(=O)Nc1ccc2c(c1)OCO2)N1CCCC(CCO)C1. The van der Waals surface area contributed by atoms with Crippen molar-refractivity contribution in [2.24, 2.45) is 5.92 Å². The third-order valence-corrected chi connectivity index (χ3v) is 4.66. The van der Waals surface area contributed by atoms with Crippen molar-refractivity contribution in [2.75, 3.05) is 31.8 Å². The lowest BCUT2D eigenvalue weighted by Gasteiger charge is -2.36. The molecule has 3 rings (SSSR count). The standard InChI is InChI=1S/C17H24N2O4/c1-12(19-7-2-3-13(10-19)6-8-20)17(21)18-14-4-5-15-16(9-14)23-11-22-15/h4-5,9,12-13,20H,2-3,6-8,10-11H2,1H3,(H,18,21). The van der Waals surface area contributed by atoms with Crippen molar-refractivity contribution in [3.8, 4) is 11.5 Å². The number of hydrogen-bond acceptors (Lipinski definition) is 5. The van der Waals surface area contributed by atoms with Crippen LogP contribution in [0.15, 0.2) is 18.2 Å². The molecule has 2 heterocycles. The lowest BCUT2D eigenvalue weighted by atomic mass is 9.94. The Labute approximate surface area is 136 Å². The van der Waals surface area contributed by atoms with Gasteiger partial charge < -0.3 is 19.9 Å². The van der Waals surface area contributed by atoms with E-state index in [2.05, 4.69) is 10.2 Å². The van der Waals surface area contributed by atoms with Crippen molar-refractivity contribution < 1.29 is 19.4 Å². The first-order chi connectivity index (χ1) is 11.2. The second-order valence-corrected chi connectivity index (χ2v) is 6.25. The molecule has 1 amide bonds. The number of carbonyl (C=O) groups excluding carboxylic acids is 1. The first-order valence-electron chi connectivity index (χ1n) is 8.23. The fraction of sp³-hybridized carbons (Fsp3) is 0.588. The van der Waals surface area contributed by atoms with Crippen LogP contribution in [0.1, 0.15) is 26.2 Å². The Morgan fingerprint density at radius 2 is 2.26 bits per heavy atom. The maximum atomic E-state index is 12.5. The Bertz CT molecular complexity index is 562. The van der Waals surface area contributed by atoms with Gasteiger partial charge >= 0.3 is 0 Å².